The summed E-state index contributed by atoms with van der Waals surface area (Å²) < 4.78 is 23.3. The second-order valence-electron chi connectivity index (χ2n) is 3.94. The van der Waals surface area contributed by atoms with Gasteiger partial charge in [-0.1, -0.05) is 0 Å². The maximum Gasteiger partial charge on any atom is 0.340 e. The molecule has 0 aliphatic heterocycles. The fourth-order valence-corrected chi connectivity index (χ4v) is 1.53. The number of methoxy groups -OCH3 is 1. The normalized spacial score (nSPS) is 12.2. The minimum absolute atomic E-state index is 0.159. The van der Waals surface area contributed by atoms with Gasteiger partial charge in [0, 0.05) is 5.56 Å². The van der Waals surface area contributed by atoms with Crippen molar-refractivity contribution in [3.8, 4) is 11.5 Å². The Morgan fingerprint density at radius 2 is 2.26 bits per heavy atom. The van der Waals surface area contributed by atoms with Crippen molar-refractivity contribution in [1.82, 2.24) is 4.98 Å². The van der Waals surface area contributed by atoms with E-state index < -0.39 is 17.9 Å². The first kappa shape index (κ1) is 13.2. The molecule has 2 rings (SSSR count). The van der Waals surface area contributed by atoms with Gasteiger partial charge < -0.3 is 14.3 Å². The molecule has 0 amide bonds. The van der Waals surface area contributed by atoms with Gasteiger partial charge in [0.15, 0.2) is 0 Å². The zero-order valence-electron chi connectivity index (χ0n) is 10.4. The van der Waals surface area contributed by atoms with Crippen molar-refractivity contribution in [1.29, 1.82) is 0 Å². The van der Waals surface area contributed by atoms with Crippen molar-refractivity contribution >= 4 is 5.97 Å². The van der Waals surface area contributed by atoms with Crippen LogP contribution >= 0.6 is 0 Å². The van der Waals surface area contributed by atoms with Crippen LogP contribution in [0.3, 0.4) is 0 Å². The topological polar surface area (TPSA) is 72.6 Å². The third-order valence-electron chi connectivity index (χ3n) is 2.57. The first-order valence-electron chi connectivity index (χ1n) is 5.54. The van der Waals surface area contributed by atoms with E-state index in [4.69, 9.17) is 4.42 Å². The lowest BCUT2D eigenvalue weighted by Crippen LogP contribution is -2.04. The van der Waals surface area contributed by atoms with Gasteiger partial charge in [-0.3, -0.25) is 0 Å². The van der Waals surface area contributed by atoms with Crippen LogP contribution in [0.15, 0.2) is 28.9 Å². The average Bonchev–Trinajstić information content (AvgIpc) is 2.87. The Hall–Kier alpha value is -2.21. The summed E-state index contributed by atoms with van der Waals surface area (Å²) in [4.78, 5) is 15.3. The molecule has 0 saturated heterocycles. The standard InChI is InChI=1S/C13H12FNO4/c1-7(16)11-6-19-12(15-11)8-3-4-9(10(14)5-8)13(17)18-2/h3-7,16H,1-2H3. The number of aliphatic hydroxyl groups is 1. The molecule has 5 nitrogen and oxygen atoms in total. The van der Waals surface area contributed by atoms with Crippen molar-refractivity contribution in [3.63, 3.8) is 0 Å². The number of hydrogen-bond donors (Lipinski definition) is 1. The number of halogens is 1. The van der Waals surface area contributed by atoms with Gasteiger partial charge in [0.25, 0.3) is 0 Å². The molecule has 2 aromatic rings. The number of nitrogens with zero attached hydrogens (tertiary/aromatic N) is 1. The molecule has 0 bridgehead atoms. The molecule has 0 aliphatic carbocycles. The third-order valence-corrected chi connectivity index (χ3v) is 2.57. The van der Waals surface area contributed by atoms with E-state index in [2.05, 4.69) is 9.72 Å². The Kier molecular flexibility index (Phi) is 3.62. The van der Waals surface area contributed by atoms with E-state index in [0.29, 0.717) is 11.3 Å². The van der Waals surface area contributed by atoms with Crippen molar-refractivity contribution in [2.24, 2.45) is 0 Å². The molecule has 1 atom stereocenters. The van der Waals surface area contributed by atoms with Crippen LogP contribution in [-0.4, -0.2) is 23.2 Å². The van der Waals surface area contributed by atoms with E-state index in [0.717, 1.165) is 6.07 Å². The third kappa shape index (κ3) is 2.63. The lowest BCUT2D eigenvalue weighted by atomic mass is 10.1. The number of benzene rings is 1. The number of aromatic nitrogens is 1. The van der Waals surface area contributed by atoms with Crippen LogP contribution < -0.4 is 0 Å². The Balaban J connectivity index is 2.35. The zero-order valence-corrected chi connectivity index (χ0v) is 10.4. The van der Waals surface area contributed by atoms with Gasteiger partial charge in [-0.05, 0) is 25.1 Å². The van der Waals surface area contributed by atoms with E-state index in [1.165, 1.54) is 25.5 Å². The van der Waals surface area contributed by atoms with Gasteiger partial charge >= 0.3 is 5.97 Å². The molecule has 1 aromatic carbocycles. The maximum absolute atomic E-state index is 13.7. The number of oxazole rings is 1. The van der Waals surface area contributed by atoms with Crippen LogP contribution in [0.4, 0.5) is 4.39 Å². The van der Waals surface area contributed by atoms with E-state index >= 15 is 0 Å². The summed E-state index contributed by atoms with van der Waals surface area (Å²) in [5.74, 6) is -1.30. The van der Waals surface area contributed by atoms with Crippen molar-refractivity contribution < 1.29 is 23.4 Å². The minimum atomic E-state index is -0.767. The molecule has 0 spiro atoms. The van der Waals surface area contributed by atoms with Gasteiger partial charge in [0.2, 0.25) is 5.89 Å². The van der Waals surface area contributed by atoms with E-state index in [1.807, 2.05) is 0 Å². The predicted molar refractivity (Wildman–Crippen MR) is 63.9 cm³/mol. The van der Waals surface area contributed by atoms with Crippen molar-refractivity contribution in [2.45, 2.75) is 13.0 Å². The van der Waals surface area contributed by atoms with Crippen LogP contribution in [0.5, 0.6) is 0 Å². The number of carbonyl (C=O) groups is 1. The quantitative estimate of drug-likeness (QED) is 0.862. The van der Waals surface area contributed by atoms with Gasteiger partial charge in [0.1, 0.15) is 17.8 Å². The summed E-state index contributed by atoms with van der Waals surface area (Å²) in [6.45, 7) is 1.54. The summed E-state index contributed by atoms with van der Waals surface area (Å²) in [7, 11) is 1.18. The van der Waals surface area contributed by atoms with Crippen LogP contribution in [0.25, 0.3) is 11.5 Å². The minimum Gasteiger partial charge on any atom is -0.465 e. The predicted octanol–water partition coefficient (Wildman–Crippen LogP) is 2.32. The van der Waals surface area contributed by atoms with Gasteiger partial charge in [-0.15, -0.1) is 0 Å². The van der Waals surface area contributed by atoms with E-state index in [1.54, 1.807) is 6.92 Å². The van der Waals surface area contributed by atoms with Crippen LogP contribution in [-0.2, 0) is 4.74 Å². The smallest absolute Gasteiger partial charge is 0.340 e. The largest absolute Gasteiger partial charge is 0.465 e. The number of esters is 1. The van der Waals surface area contributed by atoms with Gasteiger partial charge in [0.05, 0.1) is 18.8 Å². The SMILES string of the molecule is COC(=O)c1ccc(-c2nc(C(C)O)co2)cc1F. The molecule has 1 aromatic heterocycles. The highest BCUT2D eigenvalue weighted by atomic mass is 19.1. The average molecular weight is 265 g/mol. The summed E-state index contributed by atoms with van der Waals surface area (Å²) >= 11 is 0. The van der Waals surface area contributed by atoms with Crippen molar-refractivity contribution in [3.05, 3.63) is 41.5 Å². The molecule has 100 valence electrons. The second kappa shape index (κ2) is 5.19. The molecule has 1 N–H and O–H groups in total. The van der Waals surface area contributed by atoms with Crippen molar-refractivity contribution in [2.75, 3.05) is 7.11 Å². The number of aliphatic hydroxyl groups excluding tert-OH is 1. The first-order chi connectivity index (χ1) is 9.02. The second-order valence-corrected chi connectivity index (χ2v) is 3.94. The summed E-state index contributed by atoms with van der Waals surface area (Å²) in [6.07, 6.45) is 0.531. The molecule has 0 fully saturated rings. The highest BCUT2D eigenvalue weighted by Gasteiger charge is 2.15. The van der Waals surface area contributed by atoms with Crippen LogP contribution in [0, 0.1) is 5.82 Å². The Morgan fingerprint density at radius 3 is 2.79 bits per heavy atom. The monoisotopic (exact) mass is 265 g/mol. The molecule has 1 unspecified atom stereocenters. The molecule has 1 heterocycles. The lowest BCUT2D eigenvalue weighted by molar-refractivity contribution is 0.0595. The first-order valence-corrected chi connectivity index (χ1v) is 5.54. The number of ether oxygens (including phenoxy) is 1. The molecule has 0 saturated carbocycles. The Bertz CT molecular complexity index is 606. The van der Waals surface area contributed by atoms with E-state index in [9.17, 15) is 14.3 Å². The summed E-state index contributed by atoms with van der Waals surface area (Å²) in [6, 6.07) is 3.92. The number of carbonyl (C=O) groups excluding carboxylic acids is 1. The molecule has 19 heavy (non-hydrogen) atoms. The van der Waals surface area contributed by atoms with Gasteiger partial charge in [-0.25, -0.2) is 14.2 Å². The Morgan fingerprint density at radius 1 is 1.53 bits per heavy atom. The fraction of sp³-hybridized carbons (Fsp3) is 0.231. The Labute approximate surface area is 108 Å². The highest BCUT2D eigenvalue weighted by molar-refractivity contribution is 5.90. The summed E-state index contributed by atoms with van der Waals surface area (Å²) in [5, 5.41) is 9.33. The fourth-order valence-electron chi connectivity index (χ4n) is 1.53. The highest BCUT2D eigenvalue weighted by Crippen LogP contribution is 2.23. The summed E-state index contributed by atoms with van der Waals surface area (Å²) in [5.41, 5.74) is 0.568. The molecule has 0 aliphatic rings. The molecule has 0 radical (unpaired) electrons. The number of hydrogen-bond acceptors (Lipinski definition) is 5. The molecular formula is C13H12FNO4. The molecular weight excluding hydrogens is 253 g/mol. The van der Waals surface area contributed by atoms with Crippen LogP contribution in [0.1, 0.15) is 29.1 Å². The van der Waals surface area contributed by atoms with E-state index in [-0.39, 0.29) is 11.5 Å². The lowest BCUT2D eigenvalue weighted by Gasteiger charge is -2.02. The number of rotatable bonds is 3. The zero-order chi connectivity index (χ0) is 14.0. The molecule has 6 heteroatoms. The van der Waals surface area contributed by atoms with Crippen LogP contribution in [0.2, 0.25) is 0 Å². The maximum atomic E-state index is 13.7. The van der Waals surface area contributed by atoms with Gasteiger partial charge in [-0.2, -0.15) is 0 Å².